The Bertz CT molecular complexity index is 458. The van der Waals surface area contributed by atoms with E-state index in [2.05, 4.69) is 22.5 Å². The molecule has 0 aliphatic heterocycles. The molecule has 4 nitrogen and oxygen atoms in total. The zero-order chi connectivity index (χ0) is 13.2. The summed E-state index contributed by atoms with van der Waals surface area (Å²) in [7, 11) is 0. The standard InChI is InChI=1S/C14H16N2O2/c1-2-3-11-15-13(17)9-10-14(18)16-12-7-5-4-6-8-12/h4-8H,9-11H2,1H3,(H,15,17)(H,16,18). The van der Waals surface area contributed by atoms with Crippen molar-refractivity contribution in [1.82, 2.24) is 5.32 Å². The van der Waals surface area contributed by atoms with Crippen LogP contribution >= 0.6 is 0 Å². The van der Waals surface area contributed by atoms with Crippen LogP contribution in [0.3, 0.4) is 0 Å². The van der Waals surface area contributed by atoms with Gasteiger partial charge in [0, 0.05) is 18.5 Å². The first kappa shape index (κ1) is 13.8. The van der Waals surface area contributed by atoms with Crippen molar-refractivity contribution in [2.45, 2.75) is 19.8 Å². The third-order valence-electron chi connectivity index (χ3n) is 2.19. The molecule has 0 atom stereocenters. The van der Waals surface area contributed by atoms with E-state index in [0.717, 1.165) is 5.69 Å². The number of amides is 2. The van der Waals surface area contributed by atoms with Crippen LogP contribution in [0, 0.1) is 11.8 Å². The molecule has 1 rings (SSSR count). The average molecular weight is 244 g/mol. The third-order valence-corrected chi connectivity index (χ3v) is 2.19. The topological polar surface area (TPSA) is 58.2 Å². The molecule has 0 saturated carbocycles. The lowest BCUT2D eigenvalue weighted by Gasteiger charge is -2.04. The van der Waals surface area contributed by atoms with Gasteiger partial charge in [-0.15, -0.1) is 5.92 Å². The lowest BCUT2D eigenvalue weighted by atomic mass is 10.2. The molecule has 1 aromatic carbocycles. The van der Waals surface area contributed by atoms with E-state index in [1.807, 2.05) is 18.2 Å². The molecule has 0 saturated heterocycles. The summed E-state index contributed by atoms with van der Waals surface area (Å²) in [4.78, 5) is 22.8. The van der Waals surface area contributed by atoms with Gasteiger partial charge in [0.05, 0.1) is 6.54 Å². The van der Waals surface area contributed by atoms with Crippen molar-refractivity contribution in [1.29, 1.82) is 0 Å². The molecule has 0 aliphatic rings. The molecule has 2 N–H and O–H groups in total. The minimum absolute atomic E-state index is 0.166. The smallest absolute Gasteiger partial charge is 0.224 e. The Hall–Kier alpha value is -2.28. The Kier molecular flexibility index (Phi) is 6.05. The number of anilines is 1. The maximum atomic E-state index is 11.5. The fraction of sp³-hybridized carbons (Fsp3) is 0.286. The van der Waals surface area contributed by atoms with Crippen LogP contribution in [0.5, 0.6) is 0 Å². The van der Waals surface area contributed by atoms with Gasteiger partial charge < -0.3 is 10.6 Å². The fourth-order valence-corrected chi connectivity index (χ4v) is 1.29. The summed E-state index contributed by atoms with van der Waals surface area (Å²) in [6, 6.07) is 9.15. The maximum Gasteiger partial charge on any atom is 0.224 e. The number of benzene rings is 1. The number of para-hydroxylation sites is 1. The molecular formula is C14H16N2O2. The van der Waals surface area contributed by atoms with Crippen LogP contribution in [-0.2, 0) is 9.59 Å². The van der Waals surface area contributed by atoms with Crippen LogP contribution in [0.15, 0.2) is 30.3 Å². The molecule has 0 bridgehead atoms. The molecule has 0 spiro atoms. The highest BCUT2D eigenvalue weighted by Gasteiger charge is 2.06. The second kappa shape index (κ2) is 7.91. The van der Waals surface area contributed by atoms with Gasteiger partial charge in [0.15, 0.2) is 0 Å². The van der Waals surface area contributed by atoms with E-state index in [-0.39, 0.29) is 24.7 Å². The van der Waals surface area contributed by atoms with Gasteiger partial charge in [-0.2, -0.15) is 0 Å². The molecule has 0 aromatic heterocycles. The van der Waals surface area contributed by atoms with Crippen LogP contribution < -0.4 is 10.6 Å². The SMILES string of the molecule is CC#CCNC(=O)CCC(=O)Nc1ccccc1. The van der Waals surface area contributed by atoms with Gasteiger partial charge in [-0.05, 0) is 19.1 Å². The molecule has 4 heteroatoms. The normalized spacial score (nSPS) is 8.94. The van der Waals surface area contributed by atoms with E-state index in [4.69, 9.17) is 0 Å². The Labute approximate surface area is 107 Å². The van der Waals surface area contributed by atoms with Gasteiger partial charge in [-0.25, -0.2) is 0 Å². The van der Waals surface area contributed by atoms with Gasteiger partial charge in [-0.3, -0.25) is 9.59 Å². The Morgan fingerprint density at radius 3 is 2.44 bits per heavy atom. The van der Waals surface area contributed by atoms with E-state index in [0.29, 0.717) is 6.54 Å². The van der Waals surface area contributed by atoms with E-state index < -0.39 is 0 Å². The summed E-state index contributed by atoms with van der Waals surface area (Å²) < 4.78 is 0. The quantitative estimate of drug-likeness (QED) is 0.772. The molecule has 0 radical (unpaired) electrons. The maximum absolute atomic E-state index is 11.5. The van der Waals surface area contributed by atoms with Gasteiger partial charge in [-0.1, -0.05) is 24.1 Å². The molecule has 0 aliphatic carbocycles. The van der Waals surface area contributed by atoms with E-state index in [9.17, 15) is 9.59 Å². The van der Waals surface area contributed by atoms with Gasteiger partial charge >= 0.3 is 0 Å². The van der Waals surface area contributed by atoms with E-state index in [1.165, 1.54) is 0 Å². The van der Waals surface area contributed by atoms with Crippen LogP contribution in [0.4, 0.5) is 5.69 Å². The molecular weight excluding hydrogens is 228 g/mol. The second-order valence-corrected chi connectivity index (χ2v) is 3.62. The minimum atomic E-state index is -0.169. The lowest BCUT2D eigenvalue weighted by Crippen LogP contribution is -2.25. The molecule has 0 unspecified atom stereocenters. The first-order chi connectivity index (χ1) is 8.72. The Balaban J connectivity index is 2.24. The third kappa shape index (κ3) is 5.71. The van der Waals surface area contributed by atoms with Crippen molar-refractivity contribution in [3.05, 3.63) is 30.3 Å². The van der Waals surface area contributed by atoms with Crippen LogP contribution in [0.2, 0.25) is 0 Å². The van der Waals surface area contributed by atoms with Crippen molar-refractivity contribution in [3.8, 4) is 11.8 Å². The zero-order valence-electron chi connectivity index (χ0n) is 10.3. The summed E-state index contributed by atoms with van der Waals surface area (Å²) >= 11 is 0. The summed E-state index contributed by atoms with van der Waals surface area (Å²) in [6.07, 6.45) is 0.338. The molecule has 0 heterocycles. The predicted octanol–water partition coefficient (Wildman–Crippen LogP) is 1.54. The largest absolute Gasteiger partial charge is 0.345 e. The number of hydrogen-bond donors (Lipinski definition) is 2. The Morgan fingerprint density at radius 1 is 1.11 bits per heavy atom. The molecule has 18 heavy (non-hydrogen) atoms. The van der Waals surface area contributed by atoms with Crippen LogP contribution in [-0.4, -0.2) is 18.4 Å². The van der Waals surface area contributed by atoms with Crippen molar-refractivity contribution < 1.29 is 9.59 Å². The summed E-state index contributed by atoms with van der Waals surface area (Å²) in [6.45, 7) is 2.04. The summed E-state index contributed by atoms with van der Waals surface area (Å²) in [5.41, 5.74) is 0.736. The van der Waals surface area contributed by atoms with E-state index >= 15 is 0 Å². The summed E-state index contributed by atoms with van der Waals surface area (Å²) in [5, 5.41) is 5.33. The number of carbonyl (C=O) groups is 2. The number of carbonyl (C=O) groups excluding carboxylic acids is 2. The number of nitrogens with one attached hydrogen (secondary N) is 2. The average Bonchev–Trinajstić information content (AvgIpc) is 2.38. The highest BCUT2D eigenvalue weighted by Crippen LogP contribution is 2.05. The van der Waals surface area contributed by atoms with Gasteiger partial charge in [0.25, 0.3) is 0 Å². The molecule has 1 aromatic rings. The highest BCUT2D eigenvalue weighted by molar-refractivity contribution is 5.93. The fourth-order valence-electron chi connectivity index (χ4n) is 1.29. The van der Waals surface area contributed by atoms with E-state index in [1.54, 1.807) is 19.1 Å². The molecule has 0 fully saturated rings. The van der Waals surface area contributed by atoms with Crippen molar-refractivity contribution in [3.63, 3.8) is 0 Å². The first-order valence-corrected chi connectivity index (χ1v) is 5.73. The monoisotopic (exact) mass is 244 g/mol. The first-order valence-electron chi connectivity index (χ1n) is 5.73. The van der Waals surface area contributed by atoms with Crippen molar-refractivity contribution in [2.75, 3.05) is 11.9 Å². The number of rotatable bonds is 5. The van der Waals surface area contributed by atoms with Crippen molar-refractivity contribution in [2.24, 2.45) is 0 Å². The Morgan fingerprint density at radius 2 is 1.78 bits per heavy atom. The minimum Gasteiger partial charge on any atom is -0.345 e. The second-order valence-electron chi connectivity index (χ2n) is 3.62. The van der Waals surface area contributed by atoms with Crippen LogP contribution in [0.1, 0.15) is 19.8 Å². The van der Waals surface area contributed by atoms with Crippen LogP contribution in [0.25, 0.3) is 0 Å². The zero-order valence-corrected chi connectivity index (χ0v) is 10.3. The molecule has 94 valence electrons. The summed E-state index contributed by atoms with van der Waals surface area (Å²) in [5.74, 6) is 5.07. The number of hydrogen-bond acceptors (Lipinski definition) is 2. The molecule has 2 amide bonds. The van der Waals surface area contributed by atoms with Gasteiger partial charge in [0.2, 0.25) is 11.8 Å². The lowest BCUT2D eigenvalue weighted by molar-refractivity contribution is -0.124. The van der Waals surface area contributed by atoms with Crippen molar-refractivity contribution >= 4 is 17.5 Å². The highest BCUT2D eigenvalue weighted by atomic mass is 16.2. The van der Waals surface area contributed by atoms with Gasteiger partial charge in [0.1, 0.15) is 0 Å². The predicted molar refractivity (Wildman–Crippen MR) is 70.8 cm³/mol.